The van der Waals surface area contributed by atoms with E-state index in [2.05, 4.69) is 34.3 Å². The average molecular weight is 280 g/mol. The first-order valence-electron chi connectivity index (χ1n) is 4.32. The fraction of sp³-hybridized carbons (Fsp3) is 0.556. The van der Waals surface area contributed by atoms with Crippen molar-refractivity contribution in [2.75, 3.05) is 11.5 Å². The number of nitrogens with two attached hydrogens (primary N) is 1. The van der Waals surface area contributed by atoms with Crippen molar-refractivity contribution in [3.8, 4) is 0 Å². The zero-order valence-electron chi connectivity index (χ0n) is 7.63. The van der Waals surface area contributed by atoms with Gasteiger partial charge in [0.15, 0.2) is 0 Å². The van der Waals surface area contributed by atoms with Gasteiger partial charge in [-0.25, -0.2) is 0 Å². The highest BCUT2D eigenvalue weighted by Crippen LogP contribution is 2.29. The highest BCUT2D eigenvalue weighted by molar-refractivity contribution is 9.10. The van der Waals surface area contributed by atoms with Gasteiger partial charge in [0, 0.05) is 21.1 Å². The van der Waals surface area contributed by atoms with E-state index >= 15 is 0 Å². The molecule has 13 heavy (non-hydrogen) atoms. The lowest BCUT2D eigenvalue weighted by molar-refractivity contribution is 0.846. The van der Waals surface area contributed by atoms with Crippen LogP contribution in [0.4, 0.5) is 0 Å². The molecule has 0 fully saturated rings. The monoisotopic (exact) mass is 279 g/mol. The van der Waals surface area contributed by atoms with Crippen molar-refractivity contribution < 1.29 is 0 Å². The number of rotatable bonds is 5. The van der Waals surface area contributed by atoms with E-state index in [1.807, 2.05) is 11.8 Å². The van der Waals surface area contributed by atoms with Gasteiger partial charge in [0.25, 0.3) is 0 Å². The Hall–Kier alpha value is 0.490. The van der Waals surface area contributed by atoms with Gasteiger partial charge in [-0.3, -0.25) is 0 Å². The molecule has 1 nitrogen and oxygen atoms in total. The molecule has 1 heterocycles. The molecule has 1 aromatic heterocycles. The highest BCUT2D eigenvalue weighted by atomic mass is 79.9. The Morgan fingerprint density at radius 1 is 1.69 bits per heavy atom. The quantitative estimate of drug-likeness (QED) is 0.833. The Balaban J connectivity index is 2.39. The summed E-state index contributed by atoms with van der Waals surface area (Å²) in [5.74, 6) is 2.23. The molecular weight excluding hydrogens is 266 g/mol. The molecule has 1 unspecified atom stereocenters. The molecule has 0 bridgehead atoms. The largest absolute Gasteiger partial charge is 0.323 e. The van der Waals surface area contributed by atoms with Gasteiger partial charge in [0.1, 0.15) is 0 Å². The van der Waals surface area contributed by atoms with Crippen LogP contribution in [0.3, 0.4) is 0 Å². The molecule has 0 saturated heterocycles. The van der Waals surface area contributed by atoms with Crippen LogP contribution in [0.2, 0.25) is 0 Å². The summed E-state index contributed by atoms with van der Waals surface area (Å²) in [6.45, 7) is 2.19. The van der Waals surface area contributed by atoms with Crippen molar-refractivity contribution in [2.45, 2.75) is 19.4 Å². The summed E-state index contributed by atoms with van der Waals surface area (Å²) in [5, 5.41) is 2.07. The number of thioether (sulfide) groups is 1. The maximum absolute atomic E-state index is 6.04. The maximum atomic E-state index is 6.04. The molecule has 0 radical (unpaired) electrons. The molecule has 0 spiro atoms. The summed E-state index contributed by atoms with van der Waals surface area (Å²) in [5.41, 5.74) is 6.04. The fourth-order valence-corrected chi connectivity index (χ4v) is 3.65. The van der Waals surface area contributed by atoms with Gasteiger partial charge in [-0.2, -0.15) is 11.8 Å². The number of thiophene rings is 1. The van der Waals surface area contributed by atoms with Crippen molar-refractivity contribution in [3.05, 3.63) is 20.8 Å². The lowest BCUT2D eigenvalue weighted by Crippen LogP contribution is -2.12. The fourth-order valence-electron chi connectivity index (χ4n) is 1.00. The Kier molecular flexibility index (Phi) is 5.39. The molecule has 1 atom stereocenters. The molecule has 0 saturated carbocycles. The summed E-state index contributed by atoms with van der Waals surface area (Å²) in [6.07, 6.45) is 1.23. The van der Waals surface area contributed by atoms with E-state index < -0.39 is 0 Å². The SMILES string of the molecule is CCCSCC(N)c1sccc1Br. The molecule has 4 heteroatoms. The van der Waals surface area contributed by atoms with Crippen LogP contribution in [-0.2, 0) is 0 Å². The Bertz CT molecular complexity index is 250. The Labute approximate surface area is 96.2 Å². The van der Waals surface area contributed by atoms with Crippen molar-refractivity contribution in [3.63, 3.8) is 0 Å². The number of hydrogen-bond acceptors (Lipinski definition) is 3. The van der Waals surface area contributed by atoms with E-state index in [0.29, 0.717) is 0 Å². The van der Waals surface area contributed by atoms with Gasteiger partial charge >= 0.3 is 0 Å². The molecule has 2 N–H and O–H groups in total. The van der Waals surface area contributed by atoms with Crippen LogP contribution in [-0.4, -0.2) is 11.5 Å². The van der Waals surface area contributed by atoms with Gasteiger partial charge < -0.3 is 5.73 Å². The lowest BCUT2D eigenvalue weighted by Gasteiger charge is -2.09. The standard InChI is InChI=1S/C9H14BrNS2/c1-2-4-12-6-8(11)9-7(10)3-5-13-9/h3,5,8H,2,4,6,11H2,1H3. The van der Waals surface area contributed by atoms with Crippen LogP contribution in [0.15, 0.2) is 15.9 Å². The topological polar surface area (TPSA) is 26.0 Å². The third-order valence-electron chi connectivity index (χ3n) is 1.63. The molecule has 1 rings (SSSR count). The zero-order valence-corrected chi connectivity index (χ0v) is 10.8. The zero-order chi connectivity index (χ0) is 9.68. The van der Waals surface area contributed by atoms with E-state index in [1.165, 1.54) is 17.1 Å². The van der Waals surface area contributed by atoms with E-state index in [0.717, 1.165) is 10.2 Å². The van der Waals surface area contributed by atoms with Gasteiger partial charge in [0.05, 0.1) is 0 Å². The van der Waals surface area contributed by atoms with E-state index in [1.54, 1.807) is 11.3 Å². The van der Waals surface area contributed by atoms with Gasteiger partial charge in [-0.15, -0.1) is 11.3 Å². The molecule has 0 aliphatic carbocycles. The van der Waals surface area contributed by atoms with Crippen molar-refractivity contribution in [1.29, 1.82) is 0 Å². The second kappa shape index (κ2) is 6.06. The van der Waals surface area contributed by atoms with Crippen molar-refractivity contribution >= 4 is 39.0 Å². The summed E-state index contributed by atoms with van der Waals surface area (Å²) in [7, 11) is 0. The van der Waals surface area contributed by atoms with Crippen LogP contribution < -0.4 is 5.73 Å². The minimum absolute atomic E-state index is 0.186. The first-order chi connectivity index (χ1) is 6.25. The minimum Gasteiger partial charge on any atom is -0.323 e. The second-order valence-electron chi connectivity index (χ2n) is 2.81. The molecule has 0 aliphatic rings. The second-order valence-corrected chi connectivity index (χ2v) is 5.77. The van der Waals surface area contributed by atoms with E-state index in [4.69, 9.17) is 5.73 Å². The predicted octanol–water partition coefficient (Wildman–Crippen LogP) is 3.65. The summed E-state index contributed by atoms with van der Waals surface area (Å²) >= 11 is 7.16. The Morgan fingerprint density at radius 2 is 2.46 bits per heavy atom. The number of hydrogen-bond donors (Lipinski definition) is 1. The first-order valence-corrected chi connectivity index (χ1v) is 7.14. The van der Waals surface area contributed by atoms with Crippen molar-refractivity contribution in [2.24, 2.45) is 5.73 Å². The van der Waals surface area contributed by atoms with E-state index in [9.17, 15) is 0 Å². The Morgan fingerprint density at radius 3 is 3.00 bits per heavy atom. The molecule has 0 aromatic carbocycles. The van der Waals surface area contributed by atoms with Gasteiger partial charge in [-0.05, 0) is 39.6 Å². The summed E-state index contributed by atoms with van der Waals surface area (Å²) < 4.78 is 1.15. The van der Waals surface area contributed by atoms with Crippen LogP contribution in [0.5, 0.6) is 0 Å². The highest BCUT2D eigenvalue weighted by Gasteiger charge is 2.10. The first kappa shape index (κ1) is 11.6. The van der Waals surface area contributed by atoms with Crippen LogP contribution in [0.25, 0.3) is 0 Å². The van der Waals surface area contributed by atoms with Crippen LogP contribution in [0.1, 0.15) is 24.3 Å². The minimum atomic E-state index is 0.186. The third-order valence-corrected chi connectivity index (χ3v) is 4.92. The van der Waals surface area contributed by atoms with Crippen molar-refractivity contribution in [1.82, 2.24) is 0 Å². The van der Waals surface area contributed by atoms with Gasteiger partial charge in [0.2, 0.25) is 0 Å². The number of halogens is 1. The molecule has 1 aromatic rings. The predicted molar refractivity (Wildman–Crippen MR) is 66.6 cm³/mol. The van der Waals surface area contributed by atoms with E-state index in [-0.39, 0.29) is 6.04 Å². The smallest absolute Gasteiger partial charge is 0.0493 e. The normalized spacial score (nSPS) is 13.2. The molecular formula is C9H14BrNS2. The average Bonchev–Trinajstić information content (AvgIpc) is 2.52. The maximum Gasteiger partial charge on any atom is 0.0493 e. The molecule has 0 amide bonds. The third kappa shape index (κ3) is 3.62. The van der Waals surface area contributed by atoms with Crippen LogP contribution >= 0.6 is 39.0 Å². The summed E-state index contributed by atoms with van der Waals surface area (Å²) in [6, 6.07) is 2.25. The lowest BCUT2D eigenvalue weighted by atomic mass is 10.3. The molecule has 0 aliphatic heterocycles. The molecule has 74 valence electrons. The van der Waals surface area contributed by atoms with Gasteiger partial charge in [-0.1, -0.05) is 6.92 Å². The van der Waals surface area contributed by atoms with Crippen LogP contribution in [0, 0.1) is 0 Å². The summed E-state index contributed by atoms with van der Waals surface area (Å²) in [4.78, 5) is 1.27.